The van der Waals surface area contributed by atoms with Gasteiger partial charge in [0.2, 0.25) is 0 Å². The molecule has 17 heavy (non-hydrogen) atoms. The molecule has 0 saturated carbocycles. The Kier molecular flexibility index (Phi) is 5.00. The summed E-state index contributed by atoms with van der Waals surface area (Å²) in [6.45, 7) is 1.88. The first kappa shape index (κ1) is 13.0. The maximum absolute atomic E-state index is 11.6. The van der Waals surface area contributed by atoms with Crippen LogP contribution in [-0.2, 0) is 14.3 Å². The van der Waals surface area contributed by atoms with E-state index in [-0.39, 0.29) is 25.2 Å². The Hall–Kier alpha value is -2.04. The molecule has 0 radical (unpaired) electrons. The average molecular weight is 235 g/mol. The molecule has 0 amide bonds. The van der Waals surface area contributed by atoms with Crippen LogP contribution in [0.25, 0.3) is 0 Å². The lowest BCUT2D eigenvalue weighted by molar-refractivity contribution is -0.145. The van der Waals surface area contributed by atoms with Gasteiger partial charge in [-0.2, -0.15) is 0 Å². The Morgan fingerprint density at radius 3 is 2.65 bits per heavy atom. The minimum atomic E-state index is -0.600. The topological polar surface area (TPSA) is 73.3 Å². The summed E-state index contributed by atoms with van der Waals surface area (Å²) in [6, 6.07) is 3.19. The van der Waals surface area contributed by atoms with Crippen LogP contribution >= 0.6 is 0 Å². The smallest absolute Gasteiger partial charge is 0.313 e. The van der Waals surface area contributed by atoms with Crippen molar-refractivity contribution in [1.82, 2.24) is 4.98 Å². The van der Waals surface area contributed by atoms with E-state index in [0.717, 1.165) is 0 Å². The molecule has 0 fully saturated rings. The van der Waals surface area contributed by atoms with Crippen LogP contribution in [0.4, 0.5) is 0 Å². The highest BCUT2D eigenvalue weighted by Gasteiger charge is 2.15. The van der Waals surface area contributed by atoms with Crippen LogP contribution in [0, 0.1) is 0 Å². The molecule has 0 N–H and O–H groups in total. The van der Waals surface area contributed by atoms with E-state index in [2.05, 4.69) is 9.72 Å². The summed E-state index contributed by atoms with van der Waals surface area (Å²) in [5.41, 5.74) is 0.365. The lowest BCUT2D eigenvalue weighted by atomic mass is 10.1. The summed E-state index contributed by atoms with van der Waals surface area (Å²) in [5.74, 6) is -1.39. The van der Waals surface area contributed by atoms with Gasteiger partial charge in [0.25, 0.3) is 0 Å². The Labute approximate surface area is 98.8 Å². The summed E-state index contributed by atoms with van der Waals surface area (Å²) >= 11 is 0. The molecule has 0 spiro atoms. The number of hydrogen-bond donors (Lipinski definition) is 0. The molecule has 1 aromatic heterocycles. The maximum Gasteiger partial charge on any atom is 0.313 e. The maximum atomic E-state index is 11.6. The molecule has 90 valence electrons. The van der Waals surface area contributed by atoms with E-state index in [4.69, 9.17) is 0 Å². The fourth-order valence-electron chi connectivity index (χ4n) is 1.24. The van der Waals surface area contributed by atoms with E-state index < -0.39 is 11.8 Å². The number of aromatic nitrogens is 1. The van der Waals surface area contributed by atoms with Crippen molar-refractivity contribution in [3.8, 4) is 0 Å². The van der Waals surface area contributed by atoms with Crippen molar-refractivity contribution in [2.45, 2.75) is 19.8 Å². The van der Waals surface area contributed by atoms with E-state index in [1.807, 2.05) is 0 Å². The van der Waals surface area contributed by atoms with E-state index in [1.54, 1.807) is 19.1 Å². The molecule has 0 aliphatic rings. The number of Topliss-reactive ketones (excluding diaryl/α,β-unsaturated/α-hetero) is 2. The molecule has 0 aliphatic heterocycles. The highest BCUT2D eigenvalue weighted by atomic mass is 16.5. The van der Waals surface area contributed by atoms with Crippen molar-refractivity contribution in [1.29, 1.82) is 0 Å². The molecule has 0 saturated heterocycles. The van der Waals surface area contributed by atoms with Crippen molar-refractivity contribution in [3.05, 3.63) is 30.1 Å². The standard InChI is InChI=1S/C12H13NO4/c1-2-17-12(16)7-10(14)6-11(15)9-4-3-5-13-8-9/h3-5,8H,2,6-7H2,1H3. The van der Waals surface area contributed by atoms with Crippen LogP contribution in [-0.4, -0.2) is 29.1 Å². The fourth-order valence-corrected chi connectivity index (χ4v) is 1.24. The molecule has 0 unspecified atom stereocenters. The van der Waals surface area contributed by atoms with Gasteiger partial charge in [-0.15, -0.1) is 0 Å². The number of rotatable bonds is 6. The lowest BCUT2D eigenvalue weighted by Crippen LogP contribution is -2.14. The van der Waals surface area contributed by atoms with E-state index in [9.17, 15) is 14.4 Å². The Morgan fingerprint density at radius 1 is 1.29 bits per heavy atom. The van der Waals surface area contributed by atoms with Gasteiger partial charge < -0.3 is 4.74 Å². The third-order valence-corrected chi connectivity index (χ3v) is 1.99. The van der Waals surface area contributed by atoms with Gasteiger partial charge in [0.1, 0.15) is 6.42 Å². The number of carbonyl (C=O) groups excluding carboxylic acids is 3. The molecular formula is C12H13NO4. The molecule has 5 nitrogen and oxygen atoms in total. The Bertz CT molecular complexity index is 414. The third kappa shape index (κ3) is 4.55. The van der Waals surface area contributed by atoms with Gasteiger partial charge in [0.15, 0.2) is 11.6 Å². The van der Waals surface area contributed by atoms with Gasteiger partial charge in [-0.25, -0.2) is 0 Å². The summed E-state index contributed by atoms with van der Waals surface area (Å²) < 4.78 is 4.62. The van der Waals surface area contributed by atoms with Crippen LogP contribution in [0.3, 0.4) is 0 Å². The van der Waals surface area contributed by atoms with Gasteiger partial charge in [0, 0.05) is 18.0 Å². The van der Waals surface area contributed by atoms with Crippen molar-refractivity contribution in [3.63, 3.8) is 0 Å². The SMILES string of the molecule is CCOC(=O)CC(=O)CC(=O)c1cccnc1. The number of nitrogens with zero attached hydrogens (tertiary/aromatic N) is 1. The minimum absolute atomic E-state index is 0.225. The fraction of sp³-hybridized carbons (Fsp3) is 0.333. The monoisotopic (exact) mass is 235 g/mol. The van der Waals surface area contributed by atoms with Gasteiger partial charge in [-0.05, 0) is 19.1 Å². The molecule has 1 heterocycles. The quantitative estimate of drug-likeness (QED) is 0.420. The lowest BCUT2D eigenvalue weighted by Gasteiger charge is -2.01. The summed E-state index contributed by atoms with van der Waals surface area (Å²) in [4.78, 5) is 37.7. The highest BCUT2D eigenvalue weighted by molar-refractivity contribution is 6.11. The summed E-state index contributed by atoms with van der Waals surface area (Å²) in [7, 11) is 0. The van der Waals surface area contributed by atoms with Crippen LogP contribution in [0.5, 0.6) is 0 Å². The van der Waals surface area contributed by atoms with Crippen LogP contribution in [0.2, 0.25) is 0 Å². The first-order valence-corrected chi connectivity index (χ1v) is 5.24. The largest absolute Gasteiger partial charge is 0.466 e. The second-order valence-electron chi connectivity index (χ2n) is 3.36. The second kappa shape index (κ2) is 6.52. The molecule has 0 bridgehead atoms. The van der Waals surface area contributed by atoms with Gasteiger partial charge in [-0.1, -0.05) is 0 Å². The minimum Gasteiger partial charge on any atom is -0.466 e. The zero-order valence-electron chi connectivity index (χ0n) is 9.51. The average Bonchev–Trinajstić information content (AvgIpc) is 2.30. The number of pyridine rings is 1. The summed E-state index contributed by atoms with van der Waals surface area (Å²) in [5, 5.41) is 0. The number of ether oxygens (including phenoxy) is 1. The zero-order valence-corrected chi connectivity index (χ0v) is 9.51. The van der Waals surface area contributed by atoms with Crippen LogP contribution < -0.4 is 0 Å². The predicted molar refractivity (Wildman–Crippen MR) is 59.4 cm³/mol. The normalized spacial score (nSPS) is 9.71. The van der Waals surface area contributed by atoms with Crippen molar-refractivity contribution in [2.75, 3.05) is 6.61 Å². The van der Waals surface area contributed by atoms with E-state index in [0.29, 0.717) is 5.56 Å². The first-order chi connectivity index (χ1) is 8.13. The first-order valence-electron chi connectivity index (χ1n) is 5.24. The number of esters is 1. The molecular weight excluding hydrogens is 222 g/mol. The Balaban J connectivity index is 2.47. The molecule has 0 aliphatic carbocycles. The van der Waals surface area contributed by atoms with Gasteiger partial charge >= 0.3 is 5.97 Å². The van der Waals surface area contributed by atoms with Crippen molar-refractivity contribution >= 4 is 17.5 Å². The third-order valence-electron chi connectivity index (χ3n) is 1.99. The molecule has 0 aromatic carbocycles. The molecule has 1 rings (SSSR count). The summed E-state index contributed by atoms with van der Waals surface area (Å²) in [6.07, 6.45) is 2.27. The van der Waals surface area contributed by atoms with Gasteiger partial charge in [0.05, 0.1) is 13.0 Å². The molecule has 1 aromatic rings. The second-order valence-corrected chi connectivity index (χ2v) is 3.36. The van der Waals surface area contributed by atoms with E-state index >= 15 is 0 Å². The van der Waals surface area contributed by atoms with E-state index in [1.165, 1.54) is 12.4 Å². The van der Waals surface area contributed by atoms with Crippen LogP contribution in [0.1, 0.15) is 30.1 Å². The van der Waals surface area contributed by atoms with Crippen molar-refractivity contribution < 1.29 is 19.1 Å². The number of ketones is 2. The number of hydrogen-bond acceptors (Lipinski definition) is 5. The number of carbonyl (C=O) groups is 3. The predicted octanol–water partition coefficient (Wildman–Crippen LogP) is 1.18. The van der Waals surface area contributed by atoms with Crippen molar-refractivity contribution in [2.24, 2.45) is 0 Å². The Morgan fingerprint density at radius 2 is 2.06 bits per heavy atom. The zero-order chi connectivity index (χ0) is 12.7. The molecule has 0 atom stereocenters. The van der Waals surface area contributed by atoms with Gasteiger partial charge in [-0.3, -0.25) is 19.4 Å². The highest BCUT2D eigenvalue weighted by Crippen LogP contribution is 2.03. The van der Waals surface area contributed by atoms with Crippen LogP contribution in [0.15, 0.2) is 24.5 Å². The molecule has 5 heteroatoms.